The monoisotopic (exact) mass is 381 g/mol. The highest BCUT2D eigenvalue weighted by Crippen LogP contribution is 2.36. The number of hydrogen-bond acceptors (Lipinski definition) is 5. The van der Waals surface area contributed by atoms with Crippen molar-refractivity contribution < 1.29 is 23.9 Å². The lowest BCUT2D eigenvalue weighted by molar-refractivity contribution is -0.146. The number of carbonyl (C=O) groups is 3. The summed E-state index contributed by atoms with van der Waals surface area (Å²) in [5, 5.41) is 0. The lowest BCUT2D eigenvalue weighted by atomic mass is 9.81. The molecule has 0 aliphatic carbocycles. The number of methoxy groups -OCH3 is 2. The first kappa shape index (κ1) is 19.6. The summed E-state index contributed by atoms with van der Waals surface area (Å²) < 4.78 is 10.2. The largest absolute Gasteiger partial charge is 0.497 e. The summed E-state index contributed by atoms with van der Waals surface area (Å²) in [4.78, 5) is 39.8. The van der Waals surface area contributed by atoms with Crippen molar-refractivity contribution in [3.8, 4) is 5.75 Å². The van der Waals surface area contributed by atoms with E-state index in [1.807, 2.05) is 26.0 Å². The molecular formula is C22H23NO5. The summed E-state index contributed by atoms with van der Waals surface area (Å²) in [5.74, 6) is -1.36. The normalized spacial score (nSPS) is 15.4. The zero-order chi connectivity index (χ0) is 20.4. The van der Waals surface area contributed by atoms with Crippen LogP contribution in [0.4, 0.5) is 0 Å². The van der Waals surface area contributed by atoms with Crippen LogP contribution in [0.5, 0.6) is 5.75 Å². The van der Waals surface area contributed by atoms with Crippen LogP contribution in [0.15, 0.2) is 48.5 Å². The minimum Gasteiger partial charge on any atom is -0.497 e. The van der Waals surface area contributed by atoms with Gasteiger partial charge in [-0.1, -0.05) is 38.1 Å². The maximum absolute atomic E-state index is 13.0. The van der Waals surface area contributed by atoms with Crippen LogP contribution >= 0.6 is 0 Å². The lowest BCUT2D eigenvalue weighted by Gasteiger charge is -2.34. The number of amides is 2. The Morgan fingerprint density at radius 1 is 0.893 bits per heavy atom. The van der Waals surface area contributed by atoms with Crippen LogP contribution in [-0.4, -0.2) is 42.9 Å². The molecule has 0 radical (unpaired) electrons. The highest BCUT2D eigenvalue weighted by Gasteiger charge is 2.47. The van der Waals surface area contributed by atoms with E-state index in [0.717, 1.165) is 10.5 Å². The van der Waals surface area contributed by atoms with Crippen molar-refractivity contribution in [2.24, 2.45) is 5.92 Å². The van der Waals surface area contributed by atoms with Crippen LogP contribution in [0.3, 0.4) is 0 Å². The molecule has 2 aromatic rings. The van der Waals surface area contributed by atoms with Crippen LogP contribution in [0.25, 0.3) is 0 Å². The first-order valence-electron chi connectivity index (χ1n) is 9.09. The van der Waals surface area contributed by atoms with Gasteiger partial charge in [-0.05, 0) is 35.7 Å². The molecule has 146 valence electrons. The third-order valence-electron chi connectivity index (χ3n) is 5.11. The summed E-state index contributed by atoms with van der Waals surface area (Å²) >= 11 is 0. The van der Waals surface area contributed by atoms with Gasteiger partial charge in [0.2, 0.25) is 0 Å². The van der Waals surface area contributed by atoms with Gasteiger partial charge in [0.1, 0.15) is 11.8 Å². The molecule has 0 spiro atoms. The quantitative estimate of drug-likeness (QED) is 0.567. The number of imide groups is 1. The van der Waals surface area contributed by atoms with Crippen LogP contribution in [0.1, 0.15) is 46.0 Å². The van der Waals surface area contributed by atoms with Crippen molar-refractivity contribution in [1.29, 1.82) is 0 Å². The molecule has 0 unspecified atom stereocenters. The number of fused-ring (bicyclic) bond motifs is 1. The van der Waals surface area contributed by atoms with E-state index in [-0.39, 0.29) is 5.92 Å². The molecule has 0 aromatic heterocycles. The maximum atomic E-state index is 13.0. The molecule has 1 aliphatic heterocycles. The van der Waals surface area contributed by atoms with E-state index in [9.17, 15) is 14.4 Å². The van der Waals surface area contributed by atoms with Crippen molar-refractivity contribution in [3.05, 3.63) is 65.2 Å². The van der Waals surface area contributed by atoms with Gasteiger partial charge in [-0.15, -0.1) is 0 Å². The molecule has 6 heteroatoms. The van der Waals surface area contributed by atoms with Gasteiger partial charge in [0.05, 0.1) is 25.3 Å². The second-order valence-corrected chi connectivity index (χ2v) is 7.04. The maximum Gasteiger partial charge on any atom is 0.329 e. The van der Waals surface area contributed by atoms with Crippen LogP contribution in [-0.2, 0) is 9.53 Å². The Bertz CT molecular complexity index is 868. The summed E-state index contributed by atoms with van der Waals surface area (Å²) in [7, 11) is 2.84. The SMILES string of the molecule is COC(=O)[C@H]([C@@H](c1ccc(OC)cc1)C(C)C)N1C(=O)c2ccccc2C1=O. The Balaban J connectivity index is 2.09. The summed E-state index contributed by atoms with van der Waals surface area (Å²) in [6.45, 7) is 3.89. The van der Waals surface area contributed by atoms with E-state index >= 15 is 0 Å². The van der Waals surface area contributed by atoms with Gasteiger partial charge in [0, 0.05) is 5.92 Å². The predicted molar refractivity (Wildman–Crippen MR) is 103 cm³/mol. The van der Waals surface area contributed by atoms with Crippen LogP contribution < -0.4 is 4.74 Å². The van der Waals surface area contributed by atoms with Gasteiger partial charge in [0.25, 0.3) is 11.8 Å². The van der Waals surface area contributed by atoms with Crippen LogP contribution in [0.2, 0.25) is 0 Å². The molecule has 0 saturated heterocycles. The molecule has 2 atom stereocenters. The molecule has 0 bridgehead atoms. The molecule has 28 heavy (non-hydrogen) atoms. The van der Waals surface area contributed by atoms with Crippen molar-refractivity contribution in [2.45, 2.75) is 25.8 Å². The second-order valence-electron chi connectivity index (χ2n) is 7.04. The number of rotatable bonds is 6. The van der Waals surface area contributed by atoms with Gasteiger partial charge in [-0.25, -0.2) is 4.79 Å². The second kappa shape index (κ2) is 7.84. The molecule has 0 fully saturated rings. The number of carbonyl (C=O) groups excluding carboxylic acids is 3. The Morgan fingerprint density at radius 3 is 1.86 bits per heavy atom. The molecule has 6 nitrogen and oxygen atoms in total. The fourth-order valence-corrected chi connectivity index (χ4v) is 3.75. The number of esters is 1. The summed E-state index contributed by atoms with van der Waals surface area (Å²) in [6.07, 6.45) is 0. The van der Waals surface area contributed by atoms with Crippen molar-refractivity contribution in [2.75, 3.05) is 14.2 Å². The van der Waals surface area contributed by atoms with Crippen molar-refractivity contribution >= 4 is 17.8 Å². The Kier molecular flexibility index (Phi) is 5.49. The van der Waals surface area contributed by atoms with E-state index < -0.39 is 29.7 Å². The topological polar surface area (TPSA) is 72.9 Å². The first-order chi connectivity index (χ1) is 13.4. The van der Waals surface area contributed by atoms with Gasteiger partial charge in [-0.2, -0.15) is 0 Å². The van der Waals surface area contributed by atoms with E-state index in [4.69, 9.17) is 9.47 Å². The Hall–Kier alpha value is -3.15. The molecule has 2 aromatic carbocycles. The highest BCUT2D eigenvalue weighted by atomic mass is 16.5. The highest BCUT2D eigenvalue weighted by molar-refractivity contribution is 6.22. The van der Waals surface area contributed by atoms with Gasteiger partial charge in [-0.3, -0.25) is 14.5 Å². The molecule has 0 saturated carbocycles. The van der Waals surface area contributed by atoms with Crippen molar-refractivity contribution in [3.63, 3.8) is 0 Å². The lowest BCUT2D eigenvalue weighted by Crippen LogP contribution is -2.50. The van der Waals surface area contributed by atoms with Gasteiger partial charge < -0.3 is 9.47 Å². The molecular weight excluding hydrogens is 358 g/mol. The standard InChI is InChI=1S/C22H23NO5/c1-13(2)18(14-9-11-15(27-3)12-10-14)19(22(26)28-4)23-20(24)16-7-5-6-8-17(16)21(23)25/h5-13,18-19H,1-4H3/t18-,19+/m1/s1. The van der Waals surface area contributed by atoms with Gasteiger partial charge >= 0.3 is 5.97 Å². The number of hydrogen-bond donors (Lipinski definition) is 0. The third-order valence-corrected chi connectivity index (χ3v) is 5.11. The molecule has 1 aliphatic rings. The van der Waals surface area contributed by atoms with E-state index in [2.05, 4.69) is 0 Å². The molecule has 1 heterocycles. The Labute approximate surface area is 164 Å². The van der Waals surface area contributed by atoms with Crippen LogP contribution in [0, 0.1) is 5.92 Å². The average molecular weight is 381 g/mol. The predicted octanol–water partition coefficient (Wildman–Crippen LogP) is 3.27. The Morgan fingerprint density at radius 2 is 1.43 bits per heavy atom. The molecule has 3 rings (SSSR count). The van der Waals surface area contributed by atoms with Crippen molar-refractivity contribution in [1.82, 2.24) is 4.90 Å². The summed E-state index contributed by atoms with van der Waals surface area (Å²) in [5.41, 5.74) is 1.43. The minimum absolute atomic E-state index is 0.0400. The van der Waals surface area contributed by atoms with Gasteiger partial charge in [0.15, 0.2) is 0 Å². The number of nitrogens with zero attached hydrogens (tertiary/aromatic N) is 1. The fourth-order valence-electron chi connectivity index (χ4n) is 3.75. The zero-order valence-corrected chi connectivity index (χ0v) is 16.3. The minimum atomic E-state index is -1.06. The van der Waals surface area contributed by atoms with E-state index in [1.165, 1.54) is 7.11 Å². The first-order valence-corrected chi connectivity index (χ1v) is 9.09. The zero-order valence-electron chi connectivity index (χ0n) is 16.3. The van der Waals surface area contributed by atoms with E-state index in [0.29, 0.717) is 16.9 Å². The number of benzene rings is 2. The molecule has 2 amide bonds. The fraction of sp³-hybridized carbons (Fsp3) is 0.318. The smallest absolute Gasteiger partial charge is 0.329 e. The third kappa shape index (κ3) is 3.26. The van der Waals surface area contributed by atoms with E-state index in [1.54, 1.807) is 43.5 Å². The summed E-state index contributed by atoms with van der Waals surface area (Å²) in [6, 6.07) is 12.8. The average Bonchev–Trinajstić information content (AvgIpc) is 2.96. The molecule has 0 N–H and O–H groups in total. The number of ether oxygens (including phenoxy) is 2.